The Kier molecular flexibility index (Phi) is 14.5. The van der Waals surface area contributed by atoms with E-state index in [2.05, 4.69) is 421 Å². The van der Waals surface area contributed by atoms with Crippen LogP contribution in [0.1, 0.15) is 79.0 Å². The van der Waals surface area contributed by atoms with Gasteiger partial charge in [0.05, 0.1) is 33.4 Å². The summed E-state index contributed by atoms with van der Waals surface area (Å²) < 4.78 is 10.4. The Hall–Kier alpha value is -14.1. The first-order valence-corrected chi connectivity index (χ1v) is 45.8. The Morgan fingerprint density at radius 2 is 0.552 bits per heavy atom. The lowest BCUT2D eigenvalue weighted by molar-refractivity contribution is 0.590. The highest BCUT2D eigenvalue weighted by molar-refractivity contribution is 7.26. The van der Waals surface area contributed by atoms with E-state index in [1.54, 1.807) is 0 Å². The maximum atomic E-state index is 2.82. The molecule has 25 aromatic rings. The van der Waals surface area contributed by atoms with Crippen molar-refractivity contribution in [2.45, 2.75) is 78.6 Å². The second-order valence-corrected chi connectivity index (χ2v) is 40.7. The molecule has 0 amide bonds. The van der Waals surface area contributed by atoms with Crippen molar-refractivity contribution in [3.63, 3.8) is 0 Å². The number of aromatic nitrogens is 2. The average molecular weight is 1630 g/mol. The van der Waals surface area contributed by atoms with Gasteiger partial charge in [0, 0.05) is 118 Å². The molecular formula is C118H83BN4S2. The fourth-order valence-electron chi connectivity index (χ4n) is 22.8. The van der Waals surface area contributed by atoms with Crippen molar-refractivity contribution in [1.29, 1.82) is 0 Å². The van der Waals surface area contributed by atoms with Crippen molar-refractivity contribution in [1.82, 2.24) is 9.13 Å². The van der Waals surface area contributed by atoms with Crippen LogP contribution < -0.4 is 26.2 Å². The van der Waals surface area contributed by atoms with Crippen molar-refractivity contribution >= 4 is 228 Å². The molecule has 0 bridgehead atoms. The molecule has 6 heterocycles. The molecule has 0 radical (unpaired) electrons. The van der Waals surface area contributed by atoms with E-state index in [-0.39, 0.29) is 17.5 Å². The summed E-state index contributed by atoms with van der Waals surface area (Å²) in [5, 5.41) is 25.8. The number of hydrogen-bond donors (Lipinski definition) is 0. The predicted molar refractivity (Wildman–Crippen MR) is 543 cm³/mol. The Balaban J connectivity index is 0.839. The van der Waals surface area contributed by atoms with Gasteiger partial charge in [-0.1, -0.05) is 293 Å². The van der Waals surface area contributed by atoms with Gasteiger partial charge in [-0.05, 0) is 245 Å². The molecule has 0 saturated carbocycles. The van der Waals surface area contributed by atoms with Gasteiger partial charge in [-0.15, -0.1) is 22.7 Å². The molecule has 27 rings (SSSR count). The zero-order valence-corrected chi connectivity index (χ0v) is 72.6. The summed E-state index contributed by atoms with van der Waals surface area (Å²) in [6.45, 7) is 21.4. The molecule has 0 spiro atoms. The minimum Gasteiger partial charge on any atom is -0.310 e. The van der Waals surface area contributed by atoms with Gasteiger partial charge in [-0.2, -0.15) is 0 Å². The molecule has 0 unspecified atom stereocenters. The second kappa shape index (κ2) is 25.3. The molecule has 2 aliphatic heterocycles. The molecule has 4 aromatic heterocycles. The normalized spacial score (nSPS) is 13.4. The van der Waals surface area contributed by atoms with Gasteiger partial charge in [0.1, 0.15) is 0 Å². The predicted octanol–water partition coefficient (Wildman–Crippen LogP) is 31.9. The van der Waals surface area contributed by atoms with Gasteiger partial charge >= 0.3 is 0 Å². The number of nitrogens with zero attached hydrogens (tertiary/aromatic N) is 4. The van der Waals surface area contributed by atoms with Crippen LogP contribution in [0.5, 0.6) is 0 Å². The van der Waals surface area contributed by atoms with E-state index >= 15 is 0 Å². The first kappa shape index (κ1) is 71.5. The lowest BCUT2D eigenvalue weighted by Gasteiger charge is -2.47. The highest BCUT2D eigenvalue weighted by Crippen LogP contribution is 2.60. The molecule has 0 N–H and O–H groups in total. The maximum absolute atomic E-state index is 2.82. The third-order valence-corrected chi connectivity index (χ3v) is 30.8. The lowest BCUT2D eigenvalue weighted by atomic mass is 9.33. The van der Waals surface area contributed by atoms with E-state index in [1.807, 2.05) is 22.7 Å². The zero-order valence-electron chi connectivity index (χ0n) is 71.0. The summed E-state index contributed by atoms with van der Waals surface area (Å²) in [5.74, 6) is 0. The van der Waals surface area contributed by atoms with Gasteiger partial charge in [0.25, 0.3) is 6.71 Å². The summed E-state index contributed by atoms with van der Waals surface area (Å²) >= 11 is 3.79. The summed E-state index contributed by atoms with van der Waals surface area (Å²) in [7, 11) is 0. The van der Waals surface area contributed by atoms with E-state index in [1.165, 1.54) is 215 Å². The number of rotatable bonds is 8. The standard InChI is InChI=1S/C118H83BN4S2/c1-116(2,3)72-58-85(66-26-12-10-13-27-66)114(87(60-72)81-40-24-44-101-107(81)83-34-16-18-42-99(83)124-101)122-95-64-75(120-91-54-46-68-30-20-36-77-78-37-21-31-69-47-55-92(120)110(104(69)78)109(91)103(68)77)50-52-89(95)119-90-53-51-76(121-93-56-48-70-32-22-38-79-80-39-23-33-71-49-57-94(121)112(106(71)80)111(93)105(70)79)65-96(90)123(98-63-74(118(7,8)9)62-97(122)113(98)119)115-86(67-28-14-11-15-29-67)59-73(117(4,5)6)61-88(115)82-41-25-45-102-108(82)84-35-17-19-43-100(84)125-102/h10-65H,1-9H3. The van der Waals surface area contributed by atoms with E-state index in [0.717, 1.165) is 56.6 Å². The fourth-order valence-corrected chi connectivity index (χ4v) is 25.1. The van der Waals surface area contributed by atoms with Gasteiger partial charge in [0.2, 0.25) is 0 Å². The molecule has 4 nitrogen and oxygen atoms in total. The number of thiophene rings is 2. The molecule has 0 saturated heterocycles. The van der Waals surface area contributed by atoms with Gasteiger partial charge in [-0.3, -0.25) is 0 Å². The van der Waals surface area contributed by atoms with Crippen molar-refractivity contribution in [3.05, 3.63) is 356 Å². The fraction of sp³-hybridized carbons (Fsp3) is 0.102. The quantitative estimate of drug-likeness (QED) is 0.0856. The van der Waals surface area contributed by atoms with Crippen LogP contribution in [0.2, 0.25) is 0 Å². The van der Waals surface area contributed by atoms with Crippen molar-refractivity contribution < 1.29 is 0 Å². The molecule has 2 aliphatic rings. The molecule has 0 aliphatic carbocycles. The van der Waals surface area contributed by atoms with Crippen LogP contribution in [-0.4, -0.2) is 15.8 Å². The lowest BCUT2D eigenvalue weighted by Crippen LogP contribution is -2.61. The van der Waals surface area contributed by atoms with Gasteiger partial charge in [0.15, 0.2) is 0 Å². The number of benzene rings is 21. The third-order valence-electron chi connectivity index (χ3n) is 28.5. The van der Waals surface area contributed by atoms with Crippen molar-refractivity contribution in [2.24, 2.45) is 0 Å². The number of anilines is 6. The Bertz CT molecular complexity index is 8230. The Morgan fingerprint density at radius 1 is 0.232 bits per heavy atom. The second-order valence-electron chi connectivity index (χ2n) is 38.5. The molecular weight excluding hydrogens is 1550 g/mol. The van der Waals surface area contributed by atoms with E-state index in [4.69, 9.17) is 0 Å². The number of fused-ring (bicyclic) bond motifs is 12. The Labute approximate surface area is 732 Å². The zero-order chi connectivity index (χ0) is 83.3. The molecule has 7 heteroatoms. The maximum Gasteiger partial charge on any atom is 0.252 e. The highest BCUT2D eigenvalue weighted by atomic mass is 32.1. The molecule has 21 aromatic carbocycles. The smallest absolute Gasteiger partial charge is 0.252 e. The minimum atomic E-state index is -0.398. The molecule has 125 heavy (non-hydrogen) atoms. The summed E-state index contributed by atoms with van der Waals surface area (Å²) in [6, 6.07) is 133. The van der Waals surface area contributed by atoms with Gasteiger partial charge < -0.3 is 18.9 Å². The van der Waals surface area contributed by atoms with Crippen molar-refractivity contribution in [2.75, 3.05) is 9.80 Å². The monoisotopic (exact) mass is 1630 g/mol. The average Bonchev–Trinajstić information content (AvgIpc) is 1.68. The van der Waals surface area contributed by atoms with Crippen LogP contribution in [0.25, 0.3) is 204 Å². The van der Waals surface area contributed by atoms with Crippen LogP contribution in [-0.2, 0) is 16.2 Å². The van der Waals surface area contributed by atoms with Crippen LogP contribution in [0.15, 0.2) is 340 Å². The van der Waals surface area contributed by atoms with E-state index in [9.17, 15) is 0 Å². The van der Waals surface area contributed by atoms with Crippen LogP contribution in [0, 0.1) is 0 Å². The number of hydrogen-bond acceptors (Lipinski definition) is 4. The molecule has 590 valence electrons. The topological polar surface area (TPSA) is 16.3 Å². The summed E-state index contributed by atoms with van der Waals surface area (Å²) in [5.41, 5.74) is 29.9. The van der Waals surface area contributed by atoms with E-state index in [0.29, 0.717) is 0 Å². The van der Waals surface area contributed by atoms with E-state index < -0.39 is 5.41 Å². The third kappa shape index (κ3) is 9.88. The SMILES string of the molecule is CC(C)(C)c1cc(-c2ccccc2)c(N2c3cc(-n4c5ccc6cccc7c8cccc9ccc4c(c98)c5c67)ccc3B3c4ccc(-n5c6ccc7cccc8c9cccc%10ccc5c(c%109)c6c78)cc4N(c4c(-c5ccccc5)cc(C(C)(C)C)cc4-c4cccc5sc6ccccc6c45)c4cc(C(C)(C)C)cc2c43)c(-c2cccc3sc4ccccc4c23)c1. The highest BCUT2D eigenvalue weighted by Gasteiger charge is 2.47. The molecule has 0 fully saturated rings. The minimum absolute atomic E-state index is 0.262. The van der Waals surface area contributed by atoms with Gasteiger partial charge in [-0.25, -0.2) is 0 Å². The Morgan fingerprint density at radius 3 is 0.920 bits per heavy atom. The van der Waals surface area contributed by atoms with Crippen LogP contribution in [0.3, 0.4) is 0 Å². The first-order valence-electron chi connectivity index (χ1n) is 44.1. The van der Waals surface area contributed by atoms with Crippen LogP contribution >= 0.6 is 22.7 Å². The largest absolute Gasteiger partial charge is 0.310 e. The summed E-state index contributed by atoms with van der Waals surface area (Å²) in [4.78, 5) is 5.64. The van der Waals surface area contributed by atoms with Crippen LogP contribution in [0.4, 0.5) is 34.1 Å². The first-order chi connectivity index (χ1) is 60.9. The molecule has 0 atom stereocenters. The summed E-state index contributed by atoms with van der Waals surface area (Å²) in [6.07, 6.45) is 0. The van der Waals surface area contributed by atoms with Crippen molar-refractivity contribution in [3.8, 4) is 55.9 Å².